The van der Waals surface area contributed by atoms with Gasteiger partial charge in [-0.05, 0) is 12.1 Å². The summed E-state index contributed by atoms with van der Waals surface area (Å²) in [5.41, 5.74) is 6.15. The van der Waals surface area contributed by atoms with Crippen molar-refractivity contribution in [2.24, 2.45) is 5.73 Å². The lowest BCUT2D eigenvalue weighted by Crippen LogP contribution is -2.31. The smallest absolute Gasteiger partial charge is 0.330 e. The Bertz CT molecular complexity index is 530. The molecular formula is C10H15N3O4S. The van der Waals surface area contributed by atoms with Crippen molar-refractivity contribution in [2.75, 3.05) is 11.4 Å². The van der Waals surface area contributed by atoms with Gasteiger partial charge in [0.25, 0.3) is 0 Å². The van der Waals surface area contributed by atoms with Crippen molar-refractivity contribution in [2.45, 2.75) is 19.9 Å². The largest absolute Gasteiger partial charge is 0.412 e. The molecule has 0 aromatic carbocycles. The molecule has 8 heteroatoms. The minimum absolute atomic E-state index is 0.0240. The summed E-state index contributed by atoms with van der Waals surface area (Å²) in [6, 6.07) is 3.11. The minimum Gasteiger partial charge on any atom is -0.330 e. The molecule has 2 N–H and O–H groups in total. The predicted octanol–water partition coefficient (Wildman–Crippen LogP) is 0.175. The highest BCUT2D eigenvalue weighted by Gasteiger charge is 2.24. The summed E-state index contributed by atoms with van der Waals surface area (Å²) in [7, 11) is -2.90. The molecule has 7 nitrogen and oxygen atoms in total. The van der Waals surface area contributed by atoms with Gasteiger partial charge in [-0.3, -0.25) is 9.78 Å². The Kier molecular flexibility index (Phi) is 4.62. The molecule has 0 saturated carbocycles. The van der Waals surface area contributed by atoms with E-state index in [0.717, 1.165) is 4.31 Å². The van der Waals surface area contributed by atoms with Gasteiger partial charge in [0.15, 0.2) is 0 Å². The zero-order valence-corrected chi connectivity index (χ0v) is 11.0. The SMILES string of the molecule is CCC(=O)OS(=O)(=O)N(C)c1cccnc1CN. The maximum Gasteiger partial charge on any atom is 0.412 e. The number of rotatable bonds is 5. The van der Waals surface area contributed by atoms with Crippen LogP contribution in [0.25, 0.3) is 0 Å². The van der Waals surface area contributed by atoms with E-state index in [4.69, 9.17) is 5.73 Å². The van der Waals surface area contributed by atoms with Crippen molar-refractivity contribution in [3.05, 3.63) is 24.0 Å². The van der Waals surface area contributed by atoms with Crippen LogP contribution in [0.5, 0.6) is 0 Å². The summed E-state index contributed by atoms with van der Waals surface area (Å²) in [5, 5.41) is 0. The zero-order valence-electron chi connectivity index (χ0n) is 10.2. The van der Waals surface area contributed by atoms with Crippen LogP contribution in [0, 0.1) is 0 Å². The summed E-state index contributed by atoms with van der Waals surface area (Å²) in [4.78, 5) is 15.0. The fourth-order valence-corrected chi connectivity index (χ4v) is 2.10. The number of pyridine rings is 1. The molecule has 0 unspecified atom stereocenters. The predicted molar refractivity (Wildman–Crippen MR) is 65.8 cm³/mol. The van der Waals surface area contributed by atoms with Crippen LogP contribution in [0.2, 0.25) is 0 Å². The van der Waals surface area contributed by atoms with E-state index in [1.54, 1.807) is 6.07 Å². The highest BCUT2D eigenvalue weighted by Crippen LogP contribution is 2.20. The van der Waals surface area contributed by atoms with Crippen molar-refractivity contribution in [1.82, 2.24) is 4.98 Å². The van der Waals surface area contributed by atoms with Gasteiger partial charge in [0.05, 0.1) is 11.4 Å². The Hall–Kier alpha value is -1.67. The van der Waals surface area contributed by atoms with Gasteiger partial charge < -0.3 is 9.92 Å². The average Bonchev–Trinajstić information content (AvgIpc) is 2.37. The molecule has 0 aliphatic carbocycles. The summed E-state index contributed by atoms with van der Waals surface area (Å²) in [6.07, 6.45) is 1.48. The second kappa shape index (κ2) is 5.78. The van der Waals surface area contributed by atoms with Crippen LogP contribution < -0.4 is 10.0 Å². The number of anilines is 1. The number of nitrogens with two attached hydrogens (primary N) is 1. The zero-order chi connectivity index (χ0) is 13.8. The van der Waals surface area contributed by atoms with Crippen LogP contribution in [0.4, 0.5) is 5.69 Å². The molecule has 0 radical (unpaired) electrons. The molecule has 0 bridgehead atoms. The molecular weight excluding hydrogens is 258 g/mol. The lowest BCUT2D eigenvalue weighted by atomic mass is 10.3. The third-order valence-electron chi connectivity index (χ3n) is 2.22. The molecule has 1 aromatic heterocycles. The Morgan fingerprint density at radius 2 is 2.22 bits per heavy atom. The molecule has 0 saturated heterocycles. The molecule has 0 aliphatic heterocycles. The highest BCUT2D eigenvalue weighted by atomic mass is 32.2. The summed E-state index contributed by atoms with van der Waals surface area (Å²) in [6.45, 7) is 1.59. The van der Waals surface area contributed by atoms with E-state index in [1.165, 1.54) is 26.2 Å². The Morgan fingerprint density at radius 3 is 2.78 bits per heavy atom. The van der Waals surface area contributed by atoms with Gasteiger partial charge in [0.2, 0.25) is 0 Å². The first-order chi connectivity index (χ1) is 8.42. The van der Waals surface area contributed by atoms with Crippen molar-refractivity contribution in [3.63, 3.8) is 0 Å². The van der Waals surface area contributed by atoms with Gasteiger partial charge in [-0.25, -0.2) is 4.31 Å². The Labute approximate surface area is 106 Å². The highest BCUT2D eigenvalue weighted by molar-refractivity contribution is 7.88. The maximum atomic E-state index is 11.8. The molecule has 100 valence electrons. The maximum absolute atomic E-state index is 11.8. The van der Waals surface area contributed by atoms with Gasteiger partial charge >= 0.3 is 16.3 Å². The van der Waals surface area contributed by atoms with Crippen molar-refractivity contribution < 1.29 is 17.4 Å². The van der Waals surface area contributed by atoms with E-state index in [9.17, 15) is 13.2 Å². The number of nitrogens with zero attached hydrogens (tertiary/aromatic N) is 2. The van der Waals surface area contributed by atoms with E-state index in [1.807, 2.05) is 0 Å². The van der Waals surface area contributed by atoms with Crippen LogP contribution in [-0.4, -0.2) is 26.4 Å². The van der Waals surface area contributed by atoms with Gasteiger partial charge in [0.1, 0.15) is 0 Å². The van der Waals surface area contributed by atoms with E-state index in [-0.39, 0.29) is 18.7 Å². The minimum atomic E-state index is -4.17. The van der Waals surface area contributed by atoms with E-state index in [2.05, 4.69) is 9.17 Å². The molecule has 0 fully saturated rings. The fraction of sp³-hybridized carbons (Fsp3) is 0.400. The van der Waals surface area contributed by atoms with Crippen molar-refractivity contribution >= 4 is 22.0 Å². The second-order valence-electron chi connectivity index (χ2n) is 3.41. The van der Waals surface area contributed by atoms with E-state index >= 15 is 0 Å². The second-order valence-corrected chi connectivity index (χ2v) is 4.98. The average molecular weight is 273 g/mol. The van der Waals surface area contributed by atoms with Crippen LogP contribution in [-0.2, 0) is 25.8 Å². The monoisotopic (exact) mass is 273 g/mol. The van der Waals surface area contributed by atoms with Crippen LogP contribution in [0.15, 0.2) is 18.3 Å². The van der Waals surface area contributed by atoms with Gasteiger partial charge in [0, 0.05) is 26.2 Å². The molecule has 1 rings (SSSR count). The Morgan fingerprint density at radius 1 is 1.56 bits per heavy atom. The topological polar surface area (TPSA) is 103 Å². The fourth-order valence-electron chi connectivity index (χ4n) is 1.23. The van der Waals surface area contributed by atoms with Crippen LogP contribution >= 0.6 is 0 Å². The summed E-state index contributed by atoms with van der Waals surface area (Å²) >= 11 is 0. The quantitative estimate of drug-likeness (QED) is 0.820. The third-order valence-corrected chi connectivity index (χ3v) is 3.49. The first-order valence-corrected chi connectivity index (χ1v) is 6.64. The summed E-state index contributed by atoms with van der Waals surface area (Å²) < 4.78 is 28.8. The molecule has 1 heterocycles. The first-order valence-electron chi connectivity index (χ1n) is 5.27. The lowest BCUT2D eigenvalue weighted by Gasteiger charge is -2.19. The lowest BCUT2D eigenvalue weighted by molar-refractivity contribution is -0.133. The number of carbonyl (C=O) groups is 1. The van der Waals surface area contributed by atoms with Gasteiger partial charge in [-0.15, -0.1) is 0 Å². The molecule has 18 heavy (non-hydrogen) atoms. The molecule has 0 amide bonds. The van der Waals surface area contributed by atoms with Crippen LogP contribution in [0.3, 0.4) is 0 Å². The third kappa shape index (κ3) is 3.17. The van der Waals surface area contributed by atoms with Crippen molar-refractivity contribution in [1.29, 1.82) is 0 Å². The van der Waals surface area contributed by atoms with Crippen molar-refractivity contribution in [3.8, 4) is 0 Å². The molecule has 0 atom stereocenters. The number of carbonyl (C=O) groups excluding carboxylic acids is 1. The number of hydrogen-bond donors (Lipinski definition) is 1. The standard InChI is InChI=1S/C10H15N3O4S/c1-3-10(14)17-18(15,16)13(2)9-5-4-6-12-8(9)7-11/h4-6H,3,7,11H2,1-2H3. The van der Waals surface area contributed by atoms with E-state index < -0.39 is 16.3 Å². The van der Waals surface area contributed by atoms with Gasteiger partial charge in [-0.1, -0.05) is 6.92 Å². The Balaban J connectivity index is 3.06. The normalized spacial score (nSPS) is 11.1. The first kappa shape index (κ1) is 14.4. The molecule has 1 aromatic rings. The molecule has 0 spiro atoms. The van der Waals surface area contributed by atoms with Gasteiger partial charge in [-0.2, -0.15) is 8.42 Å². The van der Waals surface area contributed by atoms with E-state index in [0.29, 0.717) is 5.69 Å². The van der Waals surface area contributed by atoms with Crippen LogP contribution in [0.1, 0.15) is 19.0 Å². The number of aromatic nitrogens is 1. The number of hydrogen-bond acceptors (Lipinski definition) is 6. The molecule has 0 aliphatic rings. The summed E-state index contributed by atoms with van der Waals surface area (Å²) in [5.74, 6) is -0.819.